The van der Waals surface area contributed by atoms with E-state index >= 15 is 0 Å². The van der Waals surface area contributed by atoms with E-state index in [0.29, 0.717) is 6.54 Å². The van der Waals surface area contributed by atoms with Crippen molar-refractivity contribution in [1.82, 2.24) is 15.2 Å². The van der Waals surface area contributed by atoms with Crippen molar-refractivity contribution < 1.29 is 13.9 Å². The lowest BCUT2D eigenvalue weighted by Crippen LogP contribution is -2.46. The molecule has 0 spiro atoms. The van der Waals surface area contributed by atoms with Gasteiger partial charge in [-0.05, 0) is 44.5 Å². The molecule has 0 aliphatic rings. The fraction of sp³-hybridized carbons (Fsp3) is 0.368. The Hall–Kier alpha value is -2.63. The molecule has 0 saturated heterocycles. The Kier molecular flexibility index (Phi) is 6.74. The van der Waals surface area contributed by atoms with Gasteiger partial charge in [0, 0.05) is 18.9 Å². The summed E-state index contributed by atoms with van der Waals surface area (Å²) in [7, 11) is 0. The van der Waals surface area contributed by atoms with E-state index in [9.17, 15) is 9.18 Å². The van der Waals surface area contributed by atoms with E-state index in [1.165, 1.54) is 6.07 Å². The van der Waals surface area contributed by atoms with E-state index in [1.54, 1.807) is 35.5 Å². The molecule has 2 amide bonds. The molecule has 0 aliphatic carbocycles. The first kappa shape index (κ1) is 18.7. The number of hydrogen-bond donors (Lipinski definition) is 1. The molecule has 5 nitrogen and oxygen atoms in total. The van der Waals surface area contributed by atoms with Crippen LogP contribution in [-0.2, 0) is 0 Å². The van der Waals surface area contributed by atoms with Crippen LogP contribution in [0, 0.1) is 5.82 Å². The van der Waals surface area contributed by atoms with Gasteiger partial charge in [-0.1, -0.05) is 18.2 Å². The monoisotopic (exact) mass is 345 g/mol. The minimum atomic E-state index is -0.415. The average Bonchev–Trinajstić information content (AvgIpc) is 2.62. The molecule has 1 aromatic heterocycles. The summed E-state index contributed by atoms with van der Waals surface area (Å²) in [6.07, 6.45) is 3.46. The molecule has 0 saturated carbocycles. The van der Waals surface area contributed by atoms with Crippen molar-refractivity contribution in [3.63, 3.8) is 0 Å². The number of urea groups is 1. The minimum absolute atomic E-state index is 0.0987. The number of benzene rings is 1. The molecular weight excluding hydrogens is 321 g/mol. The smallest absolute Gasteiger partial charge is 0.318 e. The van der Waals surface area contributed by atoms with Crippen LogP contribution in [0.1, 0.15) is 32.4 Å². The predicted octanol–water partition coefficient (Wildman–Crippen LogP) is 3.78. The van der Waals surface area contributed by atoms with Crippen LogP contribution >= 0.6 is 0 Å². The lowest BCUT2D eigenvalue weighted by atomic mass is 10.1. The van der Waals surface area contributed by atoms with Crippen LogP contribution in [0.3, 0.4) is 0 Å². The minimum Gasteiger partial charge on any atom is -0.488 e. The number of nitrogens with zero attached hydrogens (tertiary/aromatic N) is 2. The van der Waals surface area contributed by atoms with Gasteiger partial charge in [0.15, 0.2) is 11.6 Å². The number of pyridine rings is 1. The summed E-state index contributed by atoms with van der Waals surface area (Å²) in [5.41, 5.74) is 0.967. The third-order valence-corrected chi connectivity index (χ3v) is 3.93. The second kappa shape index (κ2) is 9.01. The molecule has 2 rings (SSSR count). The van der Waals surface area contributed by atoms with Crippen LogP contribution in [0.15, 0.2) is 48.8 Å². The van der Waals surface area contributed by atoms with Gasteiger partial charge in [0.2, 0.25) is 0 Å². The molecule has 1 N–H and O–H groups in total. The van der Waals surface area contributed by atoms with Gasteiger partial charge in [-0.2, -0.15) is 0 Å². The number of rotatable bonds is 7. The summed E-state index contributed by atoms with van der Waals surface area (Å²) in [5.74, 6) is -0.235. The lowest BCUT2D eigenvalue weighted by Gasteiger charge is -2.29. The number of hydrogen-bond acceptors (Lipinski definition) is 3. The molecule has 134 valence electrons. The van der Waals surface area contributed by atoms with E-state index < -0.39 is 5.82 Å². The zero-order valence-corrected chi connectivity index (χ0v) is 14.8. The van der Waals surface area contributed by atoms with Crippen molar-refractivity contribution in [2.45, 2.75) is 32.9 Å². The van der Waals surface area contributed by atoms with Crippen LogP contribution in [0.25, 0.3) is 0 Å². The van der Waals surface area contributed by atoms with Crippen LogP contribution in [-0.4, -0.2) is 35.1 Å². The third kappa shape index (κ3) is 5.17. The number of nitrogens with one attached hydrogen (secondary N) is 1. The zero-order chi connectivity index (χ0) is 18.2. The zero-order valence-electron chi connectivity index (χ0n) is 14.8. The molecule has 2 aromatic rings. The van der Waals surface area contributed by atoms with Gasteiger partial charge in [-0.25, -0.2) is 9.18 Å². The first-order valence-electron chi connectivity index (χ1n) is 8.37. The highest BCUT2D eigenvalue weighted by Gasteiger charge is 2.21. The van der Waals surface area contributed by atoms with E-state index in [1.807, 2.05) is 32.9 Å². The van der Waals surface area contributed by atoms with Crippen LogP contribution in [0.4, 0.5) is 9.18 Å². The quantitative estimate of drug-likeness (QED) is 0.831. The Labute approximate surface area is 147 Å². The highest BCUT2D eigenvalue weighted by Crippen LogP contribution is 2.19. The first-order chi connectivity index (χ1) is 12.0. The molecule has 0 aliphatic heterocycles. The van der Waals surface area contributed by atoms with Crippen molar-refractivity contribution in [2.75, 3.05) is 13.2 Å². The van der Waals surface area contributed by atoms with Gasteiger partial charge in [0.25, 0.3) is 0 Å². The molecule has 25 heavy (non-hydrogen) atoms. The number of carbonyl (C=O) groups is 1. The van der Waals surface area contributed by atoms with Crippen molar-refractivity contribution in [2.24, 2.45) is 0 Å². The predicted molar refractivity (Wildman–Crippen MR) is 94.9 cm³/mol. The maximum absolute atomic E-state index is 13.6. The summed E-state index contributed by atoms with van der Waals surface area (Å²) in [5, 5.41) is 2.89. The first-order valence-corrected chi connectivity index (χ1v) is 8.37. The molecule has 1 aromatic carbocycles. The molecule has 0 fully saturated rings. The van der Waals surface area contributed by atoms with Gasteiger partial charge >= 0.3 is 6.03 Å². The van der Waals surface area contributed by atoms with Crippen molar-refractivity contribution in [1.29, 1.82) is 0 Å². The summed E-state index contributed by atoms with van der Waals surface area (Å²) >= 11 is 0. The van der Waals surface area contributed by atoms with E-state index in [4.69, 9.17) is 4.74 Å². The number of ether oxygens (including phenoxy) is 1. The lowest BCUT2D eigenvalue weighted by molar-refractivity contribution is 0.173. The van der Waals surface area contributed by atoms with Gasteiger partial charge in [0.1, 0.15) is 6.61 Å². The summed E-state index contributed by atoms with van der Waals surface area (Å²) in [4.78, 5) is 18.4. The molecule has 0 radical (unpaired) electrons. The normalized spacial score (nSPS) is 13.0. The Morgan fingerprint density at radius 3 is 2.68 bits per heavy atom. The molecule has 0 bridgehead atoms. The summed E-state index contributed by atoms with van der Waals surface area (Å²) < 4.78 is 19.0. The molecule has 6 heteroatoms. The largest absolute Gasteiger partial charge is 0.488 e. The van der Waals surface area contributed by atoms with Gasteiger partial charge < -0.3 is 15.0 Å². The standard InChI is InChI=1S/C19H24FN3O2/c1-4-23(15(3)16-8-7-11-21-12-16)19(24)22-14(2)13-25-18-10-6-5-9-17(18)20/h5-12,14-15H,4,13H2,1-3H3,(H,22,24). The maximum atomic E-state index is 13.6. The Bertz CT molecular complexity index is 681. The second-order valence-electron chi connectivity index (χ2n) is 5.84. The number of halogens is 1. The molecule has 2 unspecified atom stereocenters. The fourth-order valence-electron chi connectivity index (χ4n) is 2.51. The highest BCUT2D eigenvalue weighted by atomic mass is 19.1. The van der Waals surface area contributed by atoms with E-state index in [2.05, 4.69) is 10.3 Å². The van der Waals surface area contributed by atoms with Crippen LogP contribution in [0.5, 0.6) is 5.75 Å². The molecule has 1 heterocycles. The Balaban J connectivity index is 1.91. The Morgan fingerprint density at radius 1 is 1.28 bits per heavy atom. The number of para-hydroxylation sites is 1. The second-order valence-corrected chi connectivity index (χ2v) is 5.84. The van der Waals surface area contributed by atoms with Crippen molar-refractivity contribution >= 4 is 6.03 Å². The topological polar surface area (TPSA) is 54.5 Å². The summed E-state index contributed by atoms with van der Waals surface area (Å²) in [6, 6.07) is 9.45. The SMILES string of the molecule is CCN(C(=O)NC(C)COc1ccccc1F)C(C)c1cccnc1. The highest BCUT2D eigenvalue weighted by molar-refractivity contribution is 5.75. The van der Waals surface area contributed by atoms with Crippen molar-refractivity contribution in [3.8, 4) is 5.75 Å². The van der Waals surface area contributed by atoms with Crippen LogP contribution < -0.4 is 10.1 Å². The molecular formula is C19H24FN3O2. The van der Waals surface area contributed by atoms with Gasteiger partial charge in [0.05, 0.1) is 12.1 Å². The number of aromatic nitrogens is 1. The maximum Gasteiger partial charge on any atom is 0.318 e. The average molecular weight is 345 g/mol. The number of amides is 2. The van der Waals surface area contributed by atoms with Crippen molar-refractivity contribution in [3.05, 3.63) is 60.2 Å². The molecule has 2 atom stereocenters. The van der Waals surface area contributed by atoms with E-state index in [0.717, 1.165) is 5.56 Å². The van der Waals surface area contributed by atoms with Gasteiger partial charge in [-0.3, -0.25) is 4.98 Å². The number of carbonyl (C=O) groups excluding carboxylic acids is 1. The Morgan fingerprint density at radius 2 is 2.04 bits per heavy atom. The summed E-state index contributed by atoms with van der Waals surface area (Å²) in [6.45, 7) is 6.45. The third-order valence-electron chi connectivity index (χ3n) is 3.93. The van der Waals surface area contributed by atoms with Crippen LogP contribution in [0.2, 0.25) is 0 Å². The van der Waals surface area contributed by atoms with E-state index in [-0.39, 0.29) is 30.5 Å². The fourth-order valence-corrected chi connectivity index (χ4v) is 2.51. The van der Waals surface area contributed by atoms with Gasteiger partial charge in [-0.15, -0.1) is 0 Å².